The predicted molar refractivity (Wildman–Crippen MR) is 151 cm³/mol. The Hall–Kier alpha value is -5.16. The van der Waals surface area contributed by atoms with Crippen molar-refractivity contribution in [2.45, 2.75) is 19.1 Å². The minimum Gasteiger partial charge on any atom is -0.493 e. The molecule has 8 nitrogen and oxygen atoms in total. The van der Waals surface area contributed by atoms with Gasteiger partial charge in [-0.1, -0.05) is 36.4 Å². The summed E-state index contributed by atoms with van der Waals surface area (Å²) in [5.41, 5.74) is 4.66. The molecule has 8 heteroatoms. The van der Waals surface area contributed by atoms with Crippen LogP contribution in [0.25, 0.3) is 0 Å². The zero-order valence-electron chi connectivity index (χ0n) is 22.8. The molecule has 0 radical (unpaired) electrons. The largest absolute Gasteiger partial charge is 0.493 e. The molecule has 0 fully saturated rings. The fourth-order valence-electron chi connectivity index (χ4n) is 5.40. The number of carbonyl (C=O) groups excluding carboxylic acids is 1. The molecule has 41 heavy (non-hydrogen) atoms. The molecule has 2 aliphatic rings. The Kier molecular flexibility index (Phi) is 7.09. The summed E-state index contributed by atoms with van der Waals surface area (Å²) >= 11 is 0. The highest BCUT2D eigenvalue weighted by Gasteiger charge is 2.36. The summed E-state index contributed by atoms with van der Waals surface area (Å²) in [6, 6.07) is 26.0. The van der Waals surface area contributed by atoms with Crippen LogP contribution in [0.2, 0.25) is 0 Å². The van der Waals surface area contributed by atoms with E-state index in [4.69, 9.17) is 23.7 Å². The minimum absolute atomic E-state index is 0.154. The predicted octanol–water partition coefficient (Wildman–Crippen LogP) is 5.67. The molecule has 4 aromatic carbocycles. The summed E-state index contributed by atoms with van der Waals surface area (Å²) in [6.45, 7) is 0.952. The zero-order valence-corrected chi connectivity index (χ0v) is 22.8. The van der Waals surface area contributed by atoms with Crippen LogP contribution in [0.5, 0.6) is 28.7 Å². The smallest absolute Gasteiger partial charge is 0.254 e. The standard InChI is InChI=1S/C33H28N2O6/c1-37-29-15-25(16-30(38-2)32(29)39-19-21-7-4-3-5-8-21)31-26-17-28-27(40-20-41-28)14-23(26)11-12-35(31)33(36)24-10-6-9-22(13-24)18-34/h3-10,13-17,31H,11-12,19-20H2,1-2H3. The Balaban J connectivity index is 1.45. The monoisotopic (exact) mass is 548 g/mol. The maximum atomic E-state index is 14.0. The first kappa shape index (κ1) is 26.1. The van der Waals surface area contributed by atoms with E-state index in [0.717, 1.165) is 22.3 Å². The normalized spacial score (nSPS) is 15.0. The van der Waals surface area contributed by atoms with Gasteiger partial charge in [0.1, 0.15) is 6.61 Å². The first-order chi connectivity index (χ1) is 20.1. The Morgan fingerprint density at radius 2 is 1.68 bits per heavy atom. The van der Waals surface area contributed by atoms with Crippen LogP contribution in [-0.2, 0) is 13.0 Å². The number of hydrogen-bond acceptors (Lipinski definition) is 7. The third kappa shape index (κ3) is 4.98. The molecule has 0 bridgehead atoms. The molecule has 0 aliphatic carbocycles. The Morgan fingerprint density at radius 3 is 2.39 bits per heavy atom. The van der Waals surface area contributed by atoms with Crippen molar-refractivity contribution in [3.63, 3.8) is 0 Å². The van der Waals surface area contributed by atoms with Gasteiger partial charge in [0.25, 0.3) is 5.91 Å². The summed E-state index contributed by atoms with van der Waals surface area (Å²) in [5.74, 6) is 2.60. The van der Waals surface area contributed by atoms with Crippen LogP contribution in [0.3, 0.4) is 0 Å². The van der Waals surface area contributed by atoms with Crippen molar-refractivity contribution in [2.24, 2.45) is 0 Å². The lowest BCUT2D eigenvalue weighted by atomic mass is 9.86. The van der Waals surface area contributed by atoms with Gasteiger partial charge in [0.05, 0.1) is 31.9 Å². The number of hydrogen-bond donors (Lipinski definition) is 0. The van der Waals surface area contributed by atoms with Crippen molar-refractivity contribution in [2.75, 3.05) is 27.6 Å². The number of ether oxygens (including phenoxy) is 5. The molecule has 0 spiro atoms. The number of methoxy groups -OCH3 is 2. The summed E-state index contributed by atoms with van der Waals surface area (Å²) in [4.78, 5) is 15.8. The third-order valence-electron chi connectivity index (χ3n) is 7.39. The highest BCUT2D eigenvalue weighted by atomic mass is 16.7. The maximum absolute atomic E-state index is 14.0. The van der Waals surface area contributed by atoms with E-state index in [1.165, 1.54) is 0 Å². The van der Waals surface area contributed by atoms with Crippen molar-refractivity contribution in [3.8, 4) is 34.8 Å². The van der Waals surface area contributed by atoms with Crippen molar-refractivity contribution >= 4 is 5.91 Å². The number of amides is 1. The van der Waals surface area contributed by atoms with Crippen LogP contribution in [0.15, 0.2) is 78.9 Å². The van der Waals surface area contributed by atoms with Gasteiger partial charge in [-0.3, -0.25) is 4.79 Å². The molecule has 2 heterocycles. The van der Waals surface area contributed by atoms with Crippen molar-refractivity contribution in [3.05, 3.63) is 112 Å². The SMILES string of the molecule is COc1cc(C2c3cc4c(cc3CCN2C(=O)c2cccc(C#N)c2)OCO4)cc(OC)c1OCc1ccccc1. The molecule has 206 valence electrons. The average molecular weight is 549 g/mol. The van der Waals surface area contributed by atoms with E-state index in [1.807, 2.05) is 59.5 Å². The van der Waals surface area contributed by atoms with Gasteiger partial charge in [-0.25, -0.2) is 0 Å². The lowest BCUT2D eigenvalue weighted by molar-refractivity contribution is 0.0694. The summed E-state index contributed by atoms with van der Waals surface area (Å²) in [6.07, 6.45) is 0.638. The molecule has 0 saturated heterocycles. The van der Waals surface area contributed by atoms with E-state index in [0.29, 0.717) is 59.4 Å². The summed E-state index contributed by atoms with van der Waals surface area (Å²) in [5, 5.41) is 9.42. The molecular weight excluding hydrogens is 520 g/mol. The van der Waals surface area contributed by atoms with Gasteiger partial charge in [-0.15, -0.1) is 0 Å². The molecule has 0 N–H and O–H groups in total. The average Bonchev–Trinajstić information content (AvgIpc) is 3.49. The van der Waals surface area contributed by atoms with Gasteiger partial charge in [-0.05, 0) is 71.1 Å². The molecular formula is C33H28N2O6. The molecule has 1 amide bonds. The third-order valence-corrected chi connectivity index (χ3v) is 7.39. The number of nitrogens with zero attached hydrogens (tertiary/aromatic N) is 2. The highest BCUT2D eigenvalue weighted by molar-refractivity contribution is 5.95. The van der Waals surface area contributed by atoms with E-state index in [9.17, 15) is 10.1 Å². The topological polar surface area (TPSA) is 90.3 Å². The van der Waals surface area contributed by atoms with Crippen molar-refractivity contribution < 1.29 is 28.5 Å². The van der Waals surface area contributed by atoms with Crippen LogP contribution in [-0.4, -0.2) is 38.4 Å². The Labute approximate surface area is 238 Å². The second kappa shape index (κ2) is 11.1. The first-order valence-corrected chi connectivity index (χ1v) is 13.3. The van der Waals surface area contributed by atoms with Crippen LogP contribution < -0.4 is 23.7 Å². The van der Waals surface area contributed by atoms with Crippen LogP contribution in [0.4, 0.5) is 0 Å². The van der Waals surface area contributed by atoms with Gasteiger partial charge in [0.15, 0.2) is 23.0 Å². The molecule has 0 aromatic heterocycles. The quantitative estimate of drug-likeness (QED) is 0.294. The van der Waals surface area contributed by atoms with Gasteiger partial charge in [0.2, 0.25) is 12.5 Å². The number of benzene rings is 4. The molecule has 6 rings (SSSR count). The van der Waals surface area contributed by atoms with Crippen molar-refractivity contribution in [1.29, 1.82) is 5.26 Å². The van der Waals surface area contributed by atoms with E-state index >= 15 is 0 Å². The molecule has 2 aliphatic heterocycles. The lowest BCUT2D eigenvalue weighted by Crippen LogP contribution is -2.40. The minimum atomic E-state index is -0.488. The van der Waals surface area contributed by atoms with E-state index in [2.05, 4.69) is 6.07 Å². The molecule has 4 aromatic rings. The number of carbonyl (C=O) groups is 1. The fraction of sp³-hybridized carbons (Fsp3) is 0.212. The number of fused-ring (bicyclic) bond motifs is 2. The van der Waals surface area contributed by atoms with Crippen LogP contribution in [0, 0.1) is 11.3 Å². The maximum Gasteiger partial charge on any atom is 0.254 e. The summed E-state index contributed by atoms with van der Waals surface area (Å²) in [7, 11) is 3.16. The van der Waals surface area contributed by atoms with Crippen molar-refractivity contribution in [1.82, 2.24) is 4.90 Å². The van der Waals surface area contributed by atoms with Crippen LogP contribution >= 0.6 is 0 Å². The lowest BCUT2D eigenvalue weighted by Gasteiger charge is -2.38. The van der Waals surface area contributed by atoms with Gasteiger partial charge < -0.3 is 28.6 Å². The van der Waals surface area contributed by atoms with Gasteiger partial charge in [-0.2, -0.15) is 5.26 Å². The van der Waals surface area contributed by atoms with E-state index in [1.54, 1.807) is 38.5 Å². The fourth-order valence-corrected chi connectivity index (χ4v) is 5.40. The highest BCUT2D eigenvalue weighted by Crippen LogP contribution is 2.47. The Bertz CT molecular complexity index is 1620. The van der Waals surface area contributed by atoms with E-state index in [-0.39, 0.29) is 12.7 Å². The Morgan fingerprint density at radius 1 is 0.951 bits per heavy atom. The van der Waals surface area contributed by atoms with Crippen LogP contribution in [0.1, 0.15) is 44.2 Å². The first-order valence-electron chi connectivity index (χ1n) is 13.3. The summed E-state index contributed by atoms with van der Waals surface area (Å²) < 4.78 is 29.1. The van der Waals surface area contributed by atoms with E-state index < -0.39 is 6.04 Å². The number of rotatable bonds is 7. The van der Waals surface area contributed by atoms with Gasteiger partial charge >= 0.3 is 0 Å². The number of nitriles is 1. The molecule has 1 unspecified atom stereocenters. The molecule has 0 saturated carbocycles. The second-order valence-corrected chi connectivity index (χ2v) is 9.78. The second-order valence-electron chi connectivity index (χ2n) is 9.78. The zero-order chi connectivity index (χ0) is 28.3. The van der Waals surface area contributed by atoms with Gasteiger partial charge in [0, 0.05) is 12.1 Å². The molecule has 1 atom stereocenters.